The first-order valence-corrected chi connectivity index (χ1v) is 6.31. The van der Waals surface area contributed by atoms with Crippen LogP contribution in [0.15, 0.2) is 41.2 Å². The number of halogens is 1. The van der Waals surface area contributed by atoms with Crippen LogP contribution in [0.3, 0.4) is 0 Å². The molecule has 0 fully saturated rings. The van der Waals surface area contributed by atoms with Gasteiger partial charge in [-0.2, -0.15) is 0 Å². The van der Waals surface area contributed by atoms with Crippen molar-refractivity contribution in [2.75, 3.05) is 11.9 Å². The molecule has 0 saturated heterocycles. The highest BCUT2D eigenvalue weighted by atomic mass is 35.5. The van der Waals surface area contributed by atoms with Crippen LogP contribution in [-0.2, 0) is 6.42 Å². The summed E-state index contributed by atoms with van der Waals surface area (Å²) in [7, 11) is 0. The molecule has 1 aromatic heterocycles. The van der Waals surface area contributed by atoms with Gasteiger partial charge in [-0.25, -0.2) is 4.79 Å². The number of nitrogens with one attached hydrogen (secondary N) is 2. The molecule has 0 radical (unpaired) electrons. The van der Waals surface area contributed by atoms with Gasteiger partial charge in [-0.1, -0.05) is 28.9 Å². The zero-order valence-electron chi connectivity index (χ0n) is 10.2. The van der Waals surface area contributed by atoms with E-state index in [1.807, 2.05) is 12.1 Å². The Morgan fingerprint density at radius 3 is 2.95 bits per heavy atom. The molecule has 0 aliphatic rings. The molecule has 0 atom stereocenters. The fourth-order valence-corrected chi connectivity index (χ4v) is 1.76. The van der Waals surface area contributed by atoms with Crippen LogP contribution in [0.25, 0.3) is 0 Å². The quantitative estimate of drug-likeness (QED) is 0.827. The van der Waals surface area contributed by atoms with Gasteiger partial charge in [-0.3, -0.25) is 0 Å². The largest absolute Gasteiger partial charge is 0.364 e. The first-order chi connectivity index (χ1) is 9.25. The molecule has 0 unspecified atom stereocenters. The Labute approximate surface area is 115 Å². The second-order valence-electron chi connectivity index (χ2n) is 4.00. The van der Waals surface area contributed by atoms with Crippen molar-refractivity contribution >= 4 is 23.3 Å². The molecule has 0 aliphatic heterocycles. The summed E-state index contributed by atoms with van der Waals surface area (Å²) >= 11 is 5.94. The van der Waals surface area contributed by atoms with Crippen LogP contribution in [0.1, 0.15) is 12.0 Å². The van der Waals surface area contributed by atoms with Gasteiger partial charge in [0.2, 0.25) is 0 Å². The number of rotatable bonds is 5. The van der Waals surface area contributed by atoms with Gasteiger partial charge < -0.3 is 15.2 Å². The van der Waals surface area contributed by atoms with Gasteiger partial charge in [0, 0.05) is 12.1 Å². The van der Waals surface area contributed by atoms with Crippen LogP contribution in [-0.4, -0.2) is 17.7 Å². The van der Waals surface area contributed by atoms with Crippen molar-refractivity contribution in [3.63, 3.8) is 0 Å². The standard InChI is InChI=1S/C13H14ClN3O2/c14-11-5-1-2-6-12(11)17-13(18)15-7-3-4-10-8-16-19-9-10/h1-2,5-6,8-9H,3-4,7H2,(H2,15,17,18). The van der Waals surface area contributed by atoms with Crippen LogP contribution in [0.5, 0.6) is 0 Å². The molecular formula is C13H14ClN3O2. The second-order valence-corrected chi connectivity index (χ2v) is 4.40. The third-order valence-electron chi connectivity index (χ3n) is 2.53. The van der Waals surface area contributed by atoms with E-state index in [-0.39, 0.29) is 6.03 Å². The number of hydrogen-bond acceptors (Lipinski definition) is 3. The fraction of sp³-hybridized carbons (Fsp3) is 0.231. The lowest BCUT2D eigenvalue weighted by atomic mass is 10.2. The number of nitrogens with zero attached hydrogens (tertiary/aromatic N) is 1. The Morgan fingerprint density at radius 1 is 1.37 bits per heavy atom. The minimum Gasteiger partial charge on any atom is -0.364 e. The molecule has 1 aromatic carbocycles. The first-order valence-electron chi connectivity index (χ1n) is 5.93. The van der Waals surface area contributed by atoms with Gasteiger partial charge >= 0.3 is 6.03 Å². The highest BCUT2D eigenvalue weighted by Gasteiger charge is 2.04. The Bertz CT molecular complexity index is 528. The smallest absolute Gasteiger partial charge is 0.319 e. The van der Waals surface area contributed by atoms with Gasteiger partial charge in [0.05, 0.1) is 16.9 Å². The van der Waals surface area contributed by atoms with Crippen LogP contribution in [0.4, 0.5) is 10.5 Å². The number of carbonyl (C=O) groups excluding carboxylic acids is 1. The molecule has 0 aliphatic carbocycles. The SMILES string of the molecule is O=C(NCCCc1cnoc1)Nc1ccccc1Cl. The number of hydrogen-bond donors (Lipinski definition) is 2. The lowest BCUT2D eigenvalue weighted by Gasteiger charge is -2.08. The predicted molar refractivity (Wildman–Crippen MR) is 73.3 cm³/mol. The summed E-state index contributed by atoms with van der Waals surface area (Å²) < 4.78 is 4.72. The molecule has 19 heavy (non-hydrogen) atoms. The van der Waals surface area contributed by atoms with Gasteiger partial charge in [0.25, 0.3) is 0 Å². The Hall–Kier alpha value is -2.01. The van der Waals surface area contributed by atoms with Crippen molar-refractivity contribution in [1.82, 2.24) is 10.5 Å². The van der Waals surface area contributed by atoms with E-state index in [0.29, 0.717) is 17.3 Å². The van der Waals surface area contributed by atoms with E-state index in [4.69, 9.17) is 16.1 Å². The zero-order valence-corrected chi connectivity index (χ0v) is 11.0. The highest BCUT2D eigenvalue weighted by Crippen LogP contribution is 2.19. The number of benzene rings is 1. The molecule has 1 heterocycles. The summed E-state index contributed by atoms with van der Waals surface area (Å²) in [6.07, 6.45) is 4.90. The minimum absolute atomic E-state index is 0.265. The van der Waals surface area contributed by atoms with Gasteiger partial charge in [-0.15, -0.1) is 0 Å². The third-order valence-corrected chi connectivity index (χ3v) is 2.86. The van der Waals surface area contributed by atoms with E-state index in [1.165, 1.54) is 0 Å². The van der Waals surface area contributed by atoms with Gasteiger partial charge in [-0.05, 0) is 25.0 Å². The molecule has 0 bridgehead atoms. The van der Waals surface area contributed by atoms with Crippen molar-refractivity contribution in [2.24, 2.45) is 0 Å². The van der Waals surface area contributed by atoms with Crippen LogP contribution < -0.4 is 10.6 Å². The topological polar surface area (TPSA) is 67.2 Å². The average molecular weight is 280 g/mol. The maximum absolute atomic E-state index is 11.6. The van der Waals surface area contributed by atoms with E-state index in [2.05, 4.69) is 15.8 Å². The number of aromatic nitrogens is 1. The Morgan fingerprint density at radius 2 is 2.21 bits per heavy atom. The molecule has 5 nitrogen and oxygen atoms in total. The van der Waals surface area contributed by atoms with Gasteiger partial charge in [0.1, 0.15) is 6.26 Å². The fourth-order valence-electron chi connectivity index (χ4n) is 1.57. The third kappa shape index (κ3) is 4.30. The lowest BCUT2D eigenvalue weighted by Crippen LogP contribution is -2.29. The van der Waals surface area contributed by atoms with E-state index in [1.54, 1.807) is 24.6 Å². The van der Waals surface area contributed by atoms with E-state index < -0.39 is 0 Å². The van der Waals surface area contributed by atoms with Gasteiger partial charge in [0.15, 0.2) is 0 Å². The van der Waals surface area contributed by atoms with Crippen molar-refractivity contribution in [3.8, 4) is 0 Å². The van der Waals surface area contributed by atoms with Crippen LogP contribution in [0.2, 0.25) is 5.02 Å². The normalized spacial score (nSPS) is 10.2. The number of anilines is 1. The molecule has 0 saturated carbocycles. The number of urea groups is 1. The van der Waals surface area contributed by atoms with Crippen molar-refractivity contribution in [2.45, 2.75) is 12.8 Å². The molecule has 100 valence electrons. The number of amides is 2. The van der Waals surface area contributed by atoms with Crippen molar-refractivity contribution in [1.29, 1.82) is 0 Å². The molecule has 2 rings (SSSR count). The molecule has 2 aromatic rings. The molecule has 6 heteroatoms. The number of carbonyl (C=O) groups is 1. The summed E-state index contributed by atoms with van der Waals surface area (Å²) in [5.41, 5.74) is 1.62. The molecule has 2 amide bonds. The molecule has 2 N–H and O–H groups in total. The van der Waals surface area contributed by atoms with Crippen LogP contribution in [0, 0.1) is 0 Å². The van der Waals surface area contributed by atoms with E-state index >= 15 is 0 Å². The zero-order chi connectivity index (χ0) is 13.5. The van der Waals surface area contributed by atoms with Crippen molar-refractivity contribution < 1.29 is 9.32 Å². The van der Waals surface area contributed by atoms with Crippen LogP contribution >= 0.6 is 11.6 Å². The Balaban J connectivity index is 1.69. The summed E-state index contributed by atoms with van der Waals surface area (Å²) in [6.45, 7) is 0.571. The number of aryl methyl sites for hydroxylation is 1. The maximum atomic E-state index is 11.6. The summed E-state index contributed by atoms with van der Waals surface area (Å²) in [6, 6.07) is 6.83. The average Bonchev–Trinajstić information content (AvgIpc) is 2.91. The summed E-state index contributed by atoms with van der Waals surface area (Å²) in [5, 5.41) is 9.58. The predicted octanol–water partition coefficient (Wildman–Crippen LogP) is 3.08. The summed E-state index contributed by atoms with van der Waals surface area (Å²) in [4.78, 5) is 11.6. The first kappa shape index (κ1) is 13.4. The summed E-state index contributed by atoms with van der Waals surface area (Å²) in [5.74, 6) is 0. The van der Waals surface area contributed by atoms with Crippen molar-refractivity contribution in [3.05, 3.63) is 47.3 Å². The van der Waals surface area contributed by atoms with E-state index in [0.717, 1.165) is 18.4 Å². The monoisotopic (exact) mass is 279 g/mol. The highest BCUT2D eigenvalue weighted by molar-refractivity contribution is 6.33. The number of para-hydroxylation sites is 1. The second kappa shape index (κ2) is 6.80. The Kier molecular flexibility index (Phi) is 4.80. The molecular weight excluding hydrogens is 266 g/mol. The maximum Gasteiger partial charge on any atom is 0.319 e. The molecule has 0 spiro atoms. The minimum atomic E-state index is -0.265. The van der Waals surface area contributed by atoms with E-state index in [9.17, 15) is 4.79 Å². The lowest BCUT2D eigenvalue weighted by molar-refractivity contribution is 0.252.